The highest BCUT2D eigenvalue weighted by atomic mass is 33.1. The van der Waals surface area contributed by atoms with E-state index in [1.807, 2.05) is 0 Å². The first-order valence-electron chi connectivity index (χ1n) is 4.18. The van der Waals surface area contributed by atoms with Gasteiger partial charge in [0.15, 0.2) is 0 Å². The standard InChI is InChI=1S/C6H13N3O5S2/c1-2-4(6(10)11)8-9-5(7)3-15-16(12,13)14/h4,8H,2-3H2,1H3,(H2,7,9)(H,10,11)(H,12,13,14). The summed E-state index contributed by atoms with van der Waals surface area (Å²) < 4.78 is 29.1. The average Bonchev–Trinajstić information content (AvgIpc) is 2.14. The van der Waals surface area contributed by atoms with E-state index in [-0.39, 0.29) is 22.4 Å². The molecule has 1 atom stereocenters. The van der Waals surface area contributed by atoms with Crippen molar-refractivity contribution in [2.45, 2.75) is 19.4 Å². The number of nitrogens with two attached hydrogens (primary N) is 1. The van der Waals surface area contributed by atoms with E-state index in [4.69, 9.17) is 15.4 Å². The molecule has 0 fully saturated rings. The first-order valence-corrected chi connectivity index (χ1v) is 7.12. The highest BCUT2D eigenvalue weighted by Crippen LogP contribution is 2.07. The molecule has 8 nitrogen and oxygen atoms in total. The molecule has 0 saturated carbocycles. The second kappa shape index (κ2) is 6.55. The third-order valence-electron chi connectivity index (χ3n) is 1.43. The van der Waals surface area contributed by atoms with Gasteiger partial charge in [0.05, 0.1) is 5.75 Å². The minimum atomic E-state index is -4.17. The van der Waals surface area contributed by atoms with Gasteiger partial charge >= 0.3 is 15.1 Å². The SMILES string of the molecule is CCC(NN=C(N)CSS(=O)(=O)O)C(=O)O. The molecule has 5 N–H and O–H groups in total. The number of carboxylic acids is 1. The summed E-state index contributed by atoms with van der Waals surface area (Å²) in [6.45, 7) is 1.64. The number of carbonyl (C=O) groups is 1. The molecule has 94 valence electrons. The Morgan fingerprint density at radius 1 is 1.62 bits per heavy atom. The predicted octanol–water partition coefficient (Wildman–Crippen LogP) is -0.753. The predicted molar refractivity (Wildman–Crippen MR) is 60.5 cm³/mol. The normalized spacial score (nSPS) is 14.5. The summed E-state index contributed by atoms with van der Waals surface area (Å²) in [6.07, 6.45) is 0.303. The molecule has 0 bridgehead atoms. The van der Waals surface area contributed by atoms with E-state index in [0.717, 1.165) is 0 Å². The van der Waals surface area contributed by atoms with Crippen LogP contribution in [0, 0.1) is 0 Å². The molecule has 0 aliphatic rings. The zero-order valence-electron chi connectivity index (χ0n) is 8.45. The molecule has 0 spiro atoms. The zero-order valence-corrected chi connectivity index (χ0v) is 10.1. The molecule has 0 aliphatic heterocycles. The topological polar surface area (TPSA) is 142 Å². The average molecular weight is 271 g/mol. The first-order chi connectivity index (χ1) is 7.26. The summed E-state index contributed by atoms with van der Waals surface area (Å²) in [4.78, 5) is 10.5. The van der Waals surface area contributed by atoms with Crippen molar-refractivity contribution >= 4 is 31.7 Å². The maximum Gasteiger partial charge on any atom is 0.327 e. The molecule has 0 radical (unpaired) electrons. The molecular weight excluding hydrogens is 258 g/mol. The molecule has 0 aromatic rings. The van der Waals surface area contributed by atoms with Gasteiger partial charge in [-0.3, -0.25) is 9.98 Å². The largest absolute Gasteiger partial charge is 0.480 e. The van der Waals surface area contributed by atoms with Gasteiger partial charge < -0.3 is 10.8 Å². The van der Waals surface area contributed by atoms with Crippen molar-refractivity contribution in [1.82, 2.24) is 5.43 Å². The maximum atomic E-state index is 10.5. The summed E-state index contributed by atoms with van der Waals surface area (Å²) in [5.74, 6) is -1.45. The van der Waals surface area contributed by atoms with Crippen LogP contribution >= 0.6 is 10.8 Å². The molecule has 10 heteroatoms. The number of hydrogen-bond donors (Lipinski definition) is 4. The van der Waals surface area contributed by atoms with Crippen molar-refractivity contribution in [2.75, 3.05) is 5.75 Å². The van der Waals surface area contributed by atoms with E-state index in [1.165, 1.54) is 0 Å². The fraction of sp³-hybridized carbons (Fsp3) is 0.667. The second-order valence-electron chi connectivity index (χ2n) is 2.72. The maximum absolute atomic E-state index is 10.5. The summed E-state index contributed by atoms with van der Waals surface area (Å²) in [5, 5.41) is 12.1. The fourth-order valence-corrected chi connectivity index (χ4v) is 1.79. The van der Waals surface area contributed by atoms with E-state index < -0.39 is 21.2 Å². The van der Waals surface area contributed by atoms with Crippen LogP contribution in [0.3, 0.4) is 0 Å². The number of rotatable bonds is 7. The van der Waals surface area contributed by atoms with Crippen LogP contribution in [0.25, 0.3) is 0 Å². The second-order valence-corrected chi connectivity index (χ2v) is 6.07. The van der Waals surface area contributed by atoms with Crippen molar-refractivity contribution in [2.24, 2.45) is 10.8 Å². The molecule has 16 heavy (non-hydrogen) atoms. The van der Waals surface area contributed by atoms with Gasteiger partial charge in [-0.15, -0.1) is 0 Å². The summed E-state index contributed by atoms with van der Waals surface area (Å²) >= 11 is 0. The van der Waals surface area contributed by atoms with Gasteiger partial charge in [0, 0.05) is 10.8 Å². The van der Waals surface area contributed by atoms with E-state index in [0.29, 0.717) is 6.42 Å². The smallest absolute Gasteiger partial charge is 0.327 e. The quantitative estimate of drug-likeness (QED) is 0.156. The lowest BCUT2D eigenvalue weighted by molar-refractivity contribution is -0.139. The van der Waals surface area contributed by atoms with Gasteiger partial charge in [-0.1, -0.05) is 6.92 Å². The fourth-order valence-electron chi connectivity index (χ4n) is 0.649. The van der Waals surface area contributed by atoms with Crippen molar-refractivity contribution in [1.29, 1.82) is 0 Å². The Labute approximate surface area is 96.4 Å². The Balaban J connectivity index is 4.18. The van der Waals surface area contributed by atoms with Gasteiger partial charge in [0.2, 0.25) is 0 Å². The molecule has 0 aromatic heterocycles. The van der Waals surface area contributed by atoms with Crippen LogP contribution in [0.15, 0.2) is 5.10 Å². The number of nitrogens with one attached hydrogen (secondary N) is 1. The Morgan fingerprint density at radius 3 is 2.56 bits per heavy atom. The van der Waals surface area contributed by atoms with E-state index in [2.05, 4.69) is 10.5 Å². The highest BCUT2D eigenvalue weighted by molar-refractivity contribution is 8.70. The highest BCUT2D eigenvalue weighted by Gasteiger charge is 2.13. The van der Waals surface area contributed by atoms with Gasteiger partial charge in [0.25, 0.3) is 0 Å². The Morgan fingerprint density at radius 2 is 2.19 bits per heavy atom. The Hall–Kier alpha value is -1.00. The van der Waals surface area contributed by atoms with E-state index in [9.17, 15) is 13.2 Å². The molecule has 1 unspecified atom stereocenters. The third kappa shape index (κ3) is 7.31. The number of hydrazone groups is 1. The number of hydrogen-bond acceptors (Lipinski definition) is 6. The Kier molecular flexibility index (Phi) is 6.14. The minimum absolute atomic E-state index is 0.123. The van der Waals surface area contributed by atoms with Gasteiger partial charge in [-0.05, 0) is 6.42 Å². The molecule has 0 amide bonds. The van der Waals surface area contributed by atoms with Crippen molar-refractivity contribution in [3.8, 4) is 0 Å². The molecule has 0 aliphatic carbocycles. The van der Waals surface area contributed by atoms with E-state index in [1.54, 1.807) is 6.92 Å². The number of amidine groups is 1. The zero-order chi connectivity index (χ0) is 12.8. The molecular formula is C6H13N3O5S2. The van der Waals surface area contributed by atoms with Crippen molar-refractivity contribution in [3.05, 3.63) is 0 Å². The van der Waals surface area contributed by atoms with Crippen molar-refractivity contribution in [3.63, 3.8) is 0 Å². The lowest BCUT2D eigenvalue weighted by Crippen LogP contribution is -2.34. The van der Waals surface area contributed by atoms with Gasteiger partial charge in [0.1, 0.15) is 11.9 Å². The van der Waals surface area contributed by atoms with Gasteiger partial charge in [-0.2, -0.15) is 13.5 Å². The van der Waals surface area contributed by atoms with Crippen LogP contribution in [-0.4, -0.2) is 41.7 Å². The number of nitrogens with zero attached hydrogens (tertiary/aromatic N) is 1. The van der Waals surface area contributed by atoms with Gasteiger partial charge in [-0.25, -0.2) is 4.79 Å². The summed E-state index contributed by atoms with van der Waals surface area (Å²) in [5.41, 5.74) is 7.56. The number of carboxylic acid groups (broad SMARTS) is 1. The number of aliphatic carboxylic acids is 1. The molecule has 0 heterocycles. The third-order valence-corrected chi connectivity index (χ3v) is 3.38. The Bertz CT molecular complexity index is 366. The minimum Gasteiger partial charge on any atom is -0.480 e. The lowest BCUT2D eigenvalue weighted by Gasteiger charge is -2.09. The van der Waals surface area contributed by atoms with Crippen LogP contribution in [0.4, 0.5) is 0 Å². The van der Waals surface area contributed by atoms with Crippen LogP contribution in [0.5, 0.6) is 0 Å². The van der Waals surface area contributed by atoms with Crippen LogP contribution in [0.2, 0.25) is 0 Å². The van der Waals surface area contributed by atoms with E-state index >= 15 is 0 Å². The van der Waals surface area contributed by atoms with Crippen LogP contribution in [-0.2, 0) is 13.9 Å². The summed E-state index contributed by atoms with van der Waals surface area (Å²) in [7, 11) is -3.97. The summed E-state index contributed by atoms with van der Waals surface area (Å²) in [6, 6.07) is -0.880. The van der Waals surface area contributed by atoms with Crippen LogP contribution < -0.4 is 11.2 Å². The van der Waals surface area contributed by atoms with Crippen LogP contribution in [0.1, 0.15) is 13.3 Å². The first kappa shape index (κ1) is 15.0. The molecule has 0 saturated heterocycles. The lowest BCUT2D eigenvalue weighted by atomic mass is 10.2. The molecule has 0 rings (SSSR count). The van der Waals surface area contributed by atoms with Crippen molar-refractivity contribution < 1.29 is 22.9 Å². The molecule has 0 aromatic carbocycles. The monoisotopic (exact) mass is 271 g/mol.